The number of carbonyl (C=O) groups excluding carboxylic acids is 1. The van der Waals surface area contributed by atoms with Gasteiger partial charge in [0.05, 0.1) is 12.4 Å². The highest BCUT2D eigenvalue weighted by molar-refractivity contribution is 5.72. The summed E-state index contributed by atoms with van der Waals surface area (Å²) in [6.45, 7) is 1.64. The number of amides is 1. The van der Waals surface area contributed by atoms with Crippen LogP contribution < -0.4 is 5.32 Å². The normalized spacial score (nSPS) is 12.1. The van der Waals surface area contributed by atoms with E-state index in [2.05, 4.69) is 5.32 Å². The highest BCUT2D eigenvalue weighted by Crippen LogP contribution is 2.22. The van der Waals surface area contributed by atoms with Crippen LogP contribution >= 0.6 is 0 Å². The average molecular weight is 245 g/mol. The van der Waals surface area contributed by atoms with Gasteiger partial charge in [-0.15, -0.1) is 0 Å². The van der Waals surface area contributed by atoms with E-state index in [1.807, 2.05) is 36.4 Å². The maximum absolute atomic E-state index is 10.8. The van der Waals surface area contributed by atoms with Crippen LogP contribution in [0.2, 0.25) is 0 Å². The van der Waals surface area contributed by atoms with Crippen LogP contribution in [0.4, 0.5) is 0 Å². The van der Waals surface area contributed by atoms with Crippen molar-refractivity contribution < 1.29 is 14.3 Å². The van der Waals surface area contributed by atoms with Gasteiger partial charge in [0.1, 0.15) is 5.76 Å². The molecule has 4 heteroatoms. The van der Waals surface area contributed by atoms with Crippen molar-refractivity contribution in [3.05, 3.63) is 48.2 Å². The number of carbonyl (C=O) groups is 1. The second kappa shape index (κ2) is 5.51. The van der Waals surface area contributed by atoms with Gasteiger partial charge in [-0.1, -0.05) is 24.3 Å². The molecule has 0 unspecified atom stereocenters. The molecular formula is C14H15NO3. The predicted molar refractivity (Wildman–Crippen MR) is 67.8 cm³/mol. The van der Waals surface area contributed by atoms with Crippen LogP contribution in [-0.2, 0) is 4.79 Å². The molecule has 0 spiro atoms. The summed E-state index contributed by atoms with van der Waals surface area (Å²) in [7, 11) is 0. The first-order valence-electron chi connectivity index (χ1n) is 5.73. The molecule has 1 aromatic carbocycles. The van der Waals surface area contributed by atoms with Crippen LogP contribution in [0.25, 0.3) is 11.3 Å². The van der Waals surface area contributed by atoms with Crippen molar-refractivity contribution in [2.24, 2.45) is 0 Å². The summed E-state index contributed by atoms with van der Waals surface area (Å²) in [6, 6.07) is 11.1. The zero-order valence-electron chi connectivity index (χ0n) is 10.1. The van der Waals surface area contributed by atoms with Crippen molar-refractivity contribution in [2.75, 3.05) is 6.54 Å². The fourth-order valence-corrected chi connectivity index (χ4v) is 1.67. The van der Waals surface area contributed by atoms with E-state index in [-0.39, 0.29) is 12.5 Å². The van der Waals surface area contributed by atoms with Crippen molar-refractivity contribution >= 4 is 5.91 Å². The molecule has 0 aliphatic heterocycles. The lowest BCUT2D eigenvalue weighted by molar-refractivity contribution is -0.119. The van der Waals surface area contributed by atoms with Gasteiger partial charge in [0.2, 0.25) is 5.91 Å². The first-order chi connectivity index (χ1) is 8.66. The minimum absolute atomic E-state index is 0.152. The second-order valence-electron chi connectivity index (χ2n) is 4.05. The molecule has 1 aromatic heterocycles. The SMILES string of the molecule is CC(=O)NC[C@@H](O)c1ccc(-c2ccco2)cc1. The number of hydrogen-bond acceptors (Lipinski definition) is 3. The van der Waals surface area contributed by atoms with Crippen molar-refractivity contribution in [1.29, 1.82) is 0 Å². The van der Waals surface area contributed by atoms with E-state index in [0.29, 0.717) is 0 Å². The summed E-state index contributed by atoms with van der Waals surface area (Å²) in [6.07, 6.45) is 0.925. The second-order valence-corrected chi connectivity index (χ2v) is 4.05. The molecule has 2 aromatic rings. The first kappa shape index (κ1) is 12.4. The van der Waals surface area contributed by atoms with Crippen molar-refractivity contribution in [2.45, 2.75) is 13.0 Å². The fourth-order valence-electron chi connectivity index (χ4n) is 1.67. The van der Waals surface area contributed by atoms with E-state index >= 15 is 0 Å². The fraction of sp³-hybridized carbons (Fsp3) is 0.214. The smallest absolute Gasteiger partial charge is 0.216 e. The molecule has 2 rings (SSSR count). The van der Waals surface area contributed by atoms with Crippen molar-refractivity contribution in [3.8, 4) is 11.3 Å². The molecule has 4 nitrogen and oxygen atoms in total. The topological polar surface area (TPSA) is 62.5 Å². The largest absolute Gasteiger partial charge is 0.464 e. The first-order valence-corrected chi connectivity index (χ1v) is 5.73. The molecule has 0 radical (unpaired) electrons. The van der Waals surface area contributed by atoms with Gasteiger partial charge in [0.25, 0.3) is 0 Å². The van der Waals surface area contributed by atoms with Crippen molar-refractivity contribution in [1.82, 2.24) is 5.32 Å². The Morgan fingerprint density at radius 2 is 2.06 bits per heavy atom. The van der Waals surface area contributed by atoms with E-state index in [1.54, 1.807) is 6.26 Å². The van der Waals surface area contributed by atoms with Crippen LogP contribution in [0.5, 0.6) is 0 Å². The van der Waals surface area contributed by atoms with E-state index in [1.165, 1.54) is 6.92 Å². The molecule has 0 aliphatic carbocycles. The van der Waals surface area contributed by atoms with E-state index < -0.39 is 6.10 Å². The zero-order valence-corrected chi connectivity index (χ0v) is 10.1. The number of rotatable bonds is 4. The summed E-state index contributed by atoms with van der Waals surface area (Å²) in [5.41, 5.74) is 1.72. The Morgan fingerprint density at radius 3 is 2.61 bits per heavy atom. The predicted octanol–water partition coefficient (Wildman–Crippen LogP) is 2.12. The van der Waals surface area contributed by atoms with Crippen LogP contribution in [0.1, 0.15) is 18.6 Å². The number of benzene rings is 1. The molecule has 1 atom stereocenters. The van der Waals surface area contributed by atoms with Crippen molar-refractivity contribution in [3.63, 3.8) is 0 Å². The number of aliphatic hydroxyl groups is 1. The lowest BCUT2D eigenvalue weighted by Crippen LogP contribution is -2.25. The van der Waals surface area contributed by atoms with Gasteiger partial charge in [-0.2, -0.15) is 0 Å². The van der Waals surface area contributed by atoms with Crippen LogP contribution in [0, 0.1) is 0 Å². The molecule has 1 heterocycles. The van der Waals surface area contributed by atoms with E-state index in [9.17, 15) is 9.90 Å². The maximum atomic E-state index is 10.8. The third-order valence-electron chi connectivity index (χ3n) is 2.65. The van der Waals surface area contributed by atoms with Gasteiger partial charge in [0, 0.05) is 19.0 Å². The Kier molecular flexibility index (Phi) is 3.79. The molecule has 0 bridgehead atoms. The highest BCUT2D eigenvalue weighted by Gasteiger charge is 2.08. The summed E-state index contributed by atoms with van der Waals surface area (Å²) >= 11 is 0. The summed E-state index contributed by atoms with van der Waals surface area (Å²) in [5.74, 6) is 0.638. The van der Waals surface area contributed by atoms with Crippen LogP contribution in [-0.4, -0.2) is 17.6 Å². The molecule has 94 valence electrons. The van der Waals surface area contributed by atoms with Crippen LogP contribution in [0.15, 0.2) is 47.1 Å². The Morgan fingerprint density at radius 1 is 1.33 bits per heavy atom. The van der Waals surface area contributed by atoms with Gasteiger partial charge in [-0.25, -0.2) is 0 Å². The summed E-state index contributed by atoms with van der Waals surface area (Å²) in [5, 5.41) is 12.4. The Labute approximate surface area is 105 Å². The number of aliphatic hydroxyl groups excluding tert-OH is 1. The maximum Gasteiger partial charge on any atom is 0.216 e. The Balaban J connectivity index is 2.05. The standard InChI is InChI=1S/C14H15NO3/c1-10(16)15-9-13(17)11-4-6-12(7-5-11)14-3-2-8-18-14/h2-8,13,17H,9H2,1H3,(H,15,16)/t13-/m1/s1. The van der Waals surface area contributed by atoms with E-state index in [0.717, 1.165) is 16.9 Å². The van der Waals surface area contributed by atoms with Gasteiger partial charge in [0.15, 0.2) is 0 Å². The van der Waals surface area contributed by atoms with Gasteiger partial charge < -0.3 is 14.8 Å². The Hall–Kier alpha value is -2.07. The summed E-state index contributed by atoms with van der Waals surface area (Å²) in [4.78, 5) is 10.8. The molecule has 0 saturated carbocycles. The molecule has 0 fully saturated rings. The number of furan rings is 1. The van der Waals surface area contributed by atoms with E-state index in [4.69, 9.17) is 4.42 Å². The molecule has 18 heavy (non-hydrogen) atoms. The number of hydrogen-bond donors (Lipinski definition) is 2. The number of nitrogens with one attached hydrogen (secondary N) is 1. The lowest BCUT2D eigenvalue weighted by atomic mass is 10.1. The lowest BCUT2D eigenvalue weighted by Gasteiger charge is -2.11. The monoisotopic (exact) mass is 245 g/mol. The zero-order chi connectivity index (χ0) is 13.0. The van der Waals surface area contributed by atoms with Crippen LogP contribution in [0.3, 0.4) is 0 Å². The van der Waals surface area contributed by atoms with Gasteiger partial charge in [-0.05, 0) is 17.7 Å². The van der Waals surface area contributed by atoms with Gasteiger partial charge in [-0.3, -0.25) is 4.79 Å². The quantitative estimate of drug-likeness (QED) is 0.867. The Bertz CT molecular complexity index is 502. The summed E-state index contributed by atoms with van der Waals surface area (Å²) < 4.78 is 5.28. The minimum Gasteiger partial charge on any atom is -0.464 e. The molecule has 0 saturated heterocycles. The molecule has 1 amide bonds. The molecule has 2 N–H and O–H groups in total. The third-order valence-corrected chi connectivity index (χ3v) is 2.65. The molecule has 0 aliphatic rings. The minimum atomic E-state index is -0.695. The third kappa shape index (κ3) is 2.99. The average Bonchev–Trinajstić information content (AvgIpc) is 2.90. The molecular weight excluding hydrogens is 230 g/mol. The highest BCUT2D eigenvalue weighted by atomic mass is 16.3. The van der Waals surface area contributed by atoms with Gasteiger partial charge >= 0.3 is 0 Å².